The number of nitrogens with two attached hydrogens (primary N) is 1. The monoisotopic (exact) mass is 244 g/mol. The van der Waals surface area contributed by atoms with Crippen LogP contribution in [0.4, 0.5) is 8.78 Å². The number of hydrogen-bond acceptors (Lipinski definition) is 3. The molecule has 0 bridgehead atoms. The lowest BCUT2D eigenvalue weighted by molar-refractivity contribution is -0.122. The van der Waals surface area contributed by atoms with Crippen LogP contribution in [0.5, 0.6) is 5.75 Å². The van der Waals surface area contributed by atoms with Gasteiger partial charge in [-0.25, -0.2) is 8.78 Å². The van der Waals surface area contributed by atoms with E-state index in [1.54, 1.807) is 12.1 Å². The van der Waals surface area contributed by atoms with Crippen LogP contribution in [-0.2, 0) is 11.2 Å². The summed E-state index contributed by atoms with van der Waals surface area (Å²) in [4.78, 5) is 11.3. The molecule has 4 nitrogen and oxygen atoms in total. The van der Waals surface area contributed by atoms with Gasteiger partial charge in [-0.05, 0) is 24.1 Å². The SMILES string of the molecule is N[C@@H](Cc1ccc(O)cc1)C(=O)NCC(F)F. The maximum absolute atomic E-state index is 11.8. The third-order valence-electron chi connectivity index (χ3n) is 2.16. The molecule has 1 aromatic rings. The second-order valence-electron chi connectivity index (χ2n) is 3.61. The first-order chi connectivity index (χ1) is 7.99. The first kappa shape index (κ1) is 13.4. The Balaban J connectivity index is 2.45. The van der Waals surface area contributed by atoms with Crippen molar-refractivity contribution in [2.24, 2.45) is 5.73 Å². The molecule has 1 amide bonds. The molecule has 6 heteroatoms. The van der Waals surface area contributed by atoms with E-state index in [-0.39, 0.29) is 12.2 Å². The highest BCUT2D eigenvalue weighted by atomic mass is 19.3. The number of carbonyl (C=O) groups excluding carboxylic acids is 1. The molecular formula is C11H14F2N2O2. The quantitative estimate of drug-likeness (QED) is 0.711. The predicted molar refractivity (Wildman–Crippen MR) is 58.8 cm³/mol. The van der Waals surface area contributed by atoms with Gasteiger partial charge in [0.2, 0.25) is 5.91 Å². The Labute approximate surface area is 97.4 Å². The minimum atomic E-state index is -2.58. The van der Waals surface area contributed by atoms with Crippen LogP contribution in [0.15, 0.2) is 24.3 Å². The molecule has 1 atom stereocenters. The number of phenols is 1. The van der Waals surface area contributed by atoms with E-state index >= 15 is 0 Å². The normalized spacial score (nSPS) is 12.5. The maximum Gasteiger partial charge on any atom is 0.255 e. The number of amides is 1. The summed E-state index contributed by atoms with van der Waals surface area (Å²) in [6.07, 6.45) is -2.35. The van der Waals surface area contributed by atoms with E-state index in [0.717, 1.165) is 5.56 Å². The van der Waals surface area contributed by atoms with E-state index in [9.17, 15) is 13.6 Å². The minimum absolute atomic E-state index is 0.115. The molecule has 0 spiro atoms. The summed E-state index contributed by atoms with van der Waals surface area (Å²) in [5.74, 6) is -0.497. The van der Waals surface area contributed by atoms with Crippen molar-refractivity contribution in [1.29, 1.82) is 0 Å². The lowest BCUT2D eigenvalue weighted by Crippen LogP contribution is -2.43. The van der Waals surface area contributed by atoms with E-state index in [2.05, 4.69) is 5.32 Å². The molecule has 4 N–H and O–H groups in total. The van der Waals surface area contributed by atoms with Crippen LogP contribution >= 0.6 is 0 Å². The van der Waals surface area contributed by atoms with Crippen molar-refractivity contribution in [3.05, 3.63) is 29.8 Å². The van der Waals surface area contributed by atoms with Crippen LogP contribution in [0.25, 0.3) is 0 Å². The Kier molecular flexibility index (Phi) is 4.84. The van der Waals surface area contributed by atoms with Gasteiger partial charge in [-0.3, -0.25) is 4.79 Å². The number of halogens is 2. The zero-order valence-corrected chi connectivity index (χ0v) is 9.07. The van der Waals surface area contributed by atoms with Crippen molar-refractivity contribution in [2.45, 2.75) is 18.9 Å². The van der Waals surface area contributed by atoms with Gasteiger partial charge in [-0.15, -0.1) is 0 Å². The zero-order valence-electron chi connectivity index (χ0n) is 9.07. The number of rotatable bonds is 5. The topological polar surface area (TPSA) is 75.3 Å². The molecule has 0 fully saturated rings. The fourth-order valence-corrected chi connectivity index (χ4v) is 1.29. The van der Waals surface area contributed by atoms with E-state index in [1.807, 2.05) is 0 Å². The van der Waals surface area contributed by atoms with Crippen LogP contribution in [-0.4, -0.2) is 30.0 Å². The molecule has 0 aliphatic heterocycles. The van der Waals surface area contributed by atoms with Crippen molar-refractivity contribution >= 4 is 5.91 Å². The Morgan fingerprint density at radius 1 is 1.35 bits per heavy atom. The molecule has 0 heterocycles. The first-order valence-electron chi connectivity index (χ1n) is 5.08. The second-order valence-corrected chi connectivity index (χ2v) is 3.61. The molecule has 0 saturated heterocycles. The summed E-state index contributed by atoms with van der Waals surface area (Å²) in [5.41, 5.74) is 6.31. The van der Waals surface area contributed by atoms with Gasteiger partial charge in [0.25, 0.3) is 6.43 Å². The van der Waals surface area contributed by atoms with Crippen LogP contribution in [0.3, 0.4) is 0 Å². The highest BCUT2D eigenvalue weighted by Gasteiger charge is 2.15. The molecule has 0 saturated carbocycles. The summed E-state index contributed by atoms with van der Waals surface area (Å²) in [6, 6.07) is 5.31. The van der Waals surface area contributed by atoms with Crippen LogP contribution in [0, 0.1) is 0 Å². The van der Waals surface area contributed by atoms with Crippen LogP contribution in [0.1, 0.15) is 5.56 Å². The average molecular weight is 244 g/mol. The highest BCUT2D eigenvalue weighted by molar-refractivity contribution is 5.81. The third kappa shape index (κ3) is 4.78. The Hall–Kier alpha value is -1.69. The van der Waals surface area contributed by atoms with Gasteiger partial charge in [0, 0.05) is 0 Å². The molecule has 1 rings (SSSR count). The maximum atomic E-state index is 11.8. The number of carbonyl (C=O) groups is 1. The van der Waals surface area contributed by atoms with Gasteiger partial charge < -0.3 is 16.2 Å². The molecule has 17 heavy (non-hydrogen) atoms. The van der Waals surface area contributed by atoms with Crippen LogP contribution < -0.4 is 11.1 Å². The fourth-order valence-electron chi connectivity index (χ4n) is 1.29. The summed E-state index contributed by atoms with van der Waals surface area (Å²) >= 11 is 0. The molecule has 0 aromatic heterocycles. The number of phenolic OH excluding ortho intramolecular Hbond substituents is 1. The predicted octanol–water partition coefficient (Wildman–Crippen LogP) is 0.643. The Morgan fingerprint density at radius 3 is 2.47 bits per heavy atom. The number of nitrogens with one attached hydrogen (secondary N) is 1. The summed E-state index contributed by atoms with van der Waals surface area (Å²) in [5, 5.41) is 11.1. The molecule has 0 unspecified atom stereocenters. The fraction of sp³-hybridized carbons (Fsp3) is 0.364. The summed E-state index contributed by atoms with van der Waals surface area (Å²) < 4.78 is 23.7. The smallest absolute Gasteiger partial charge is 0.255 e. The number of benzene rings is 1. The van der Waals surface area contributed by atoms with Crippen LogP contribution in [0.2, 0.25) is 0 Å². The molecular weight excluding hydrogens is 230 g/mol. The lowest BCUT2D eigenvalue weighted by atomic mass is 10.1. The molecule has 0 aliphatic rings. The lowest BCUT2D eigenvalue weighted by Gasteiger charge is -2.12. The number of alkyl halides is 2. The van der Waals surface area contributed by atoms with Crippen molar-refractivity contribution in [3.8, 4) is 5.75 Å². The van der Waals surface area contributed by atoms with Gasteiger partial charge >= 0.3 is 0 Å². The van der Waals surface area contributed by atoms with Crippen molar-refractivity contribution in [1.82, 2.24) is 5.32 Å². The number of hydrogen-bond donors (Lipinski definition) is 3. The second kappa shape index (κ2) is 6.15. The Morgan fingerprint density at radius 2 is 1.94 bits per heavy atom. The van der Waals surface area contributed by atoms with Crippen molar-refractivity contribution < 1.29 is 18.7 Å². The van der Waals surface area contributed by atoms with Gasteiger partial charge in [-0.2, -0.15) is 0 Å². The highest BCUT2D eigenvalue weighted by Crippen LogP contribution is 2.10. The largest absolute Gasteiger partial charge is 0.508 e. The zero-order chi connectivity index (χ0) is 12.8. The minimum Gasteiger partial charge on any atom is -0.508 e. The van der Waals surface area contributed by atoms with E-state index in [0.29, 0.717) is 0 Å². The van der Waals surface area contributed by atoms with E-state index in [1.165, 1.54) is 12.1 Å². The van der Waals surface area contributed by atoms with E-state index < -0.39 is 24.9 Å². The summed E-state index contributed by atoms with van der Waals surface area (Å²) in [7, 11) is 0. The Bertz CT molecular complexity index is 368. The van der Waals surface area contributed by atoms with Crippen molar-refractivity contribution in [2.75, 3.05) is 6.54 Å². The number of aromatic hydroxyl groups is 1. The van der Waals surface area contributed by atoms with E-state index in [4.69, 9.17) is 10.8 Å². The molecule has 1 aromatic carbocycles. The standard InChI is InChI=1S/C11H14F2N2O2/c12-10(13)6-15-11(17)9(14)5-7-1-3-8(16)4-2-7/h1-4,9-10,16H,5-6,14H2,(H,15,17)/t9-/m0/s1. The van der Waals surface area contributed by atoms with Gasteiger partial charge in [0.05, 0.1) is 12.6 Å². The van der Waals surface area contributed by atoms with Crippen molar-refractivity contribution in [3.63, 3.8) is 0 Å². The average Bonchev–Trinajstić information content (AvgIpc) is 2.28. The molecule has 94 valence electrons. The van der Waals surface area contributed by atoms with Gasteiger partial charge in [0.1, 0.15) is 5.75 Å². The van der Waals surface area contributed by atoms with Gasteiger partial charge in [0.15, 0.2) is 0 Å². The molecule has 0 radical (unpaired) electrons. The third-order valence-corrected chi connectivity index (χ3v) is 2.16. The first-order valence-corrected chi connectivity index (χ1v) is 5.08. The molecule has 0 aliphatic carbocycles. The van der Waals surface area contributed by atoms with Gasteiger partial charge in [-0.1, -0.05) is 12.1 Å². The summed E-state index contributed by atoms with van der Waals surface area (Å²) in [6.45, 7) is -0.692.